The monoisotopic (exact) mass is 327 g/mol. The molecule has 0 N–H and O–H groups in total. The minimum Gasteiger partial charge on any atom is -0.377 e. The van der Waals surface area contributed by atoms with Crippen molar-refractivity contribution in [1.82, 2.24) is 4.90 Å². The molecule has 1 saturated carbocycles. The Morgan fingerprint density at radius 3 is 2.71 bits per heavy atom. The van der Waals surface area contributed by atoms with Crippen molar-refractivity contribution in [3.05, 3.63) is 35.9 Å². The predicted molar refractivity (Wildman–Crippen MR) is 94.4 cm³/mol. The number of nitrogens with zero attached hydrogens (tertiary/aromatic N) is 1. The highest BCUT2D eigenvalue weighted by atomic mass is 16.5. The van der Waals surface area contributed by atoms with E-state index < -0.39 is 0 Å². The molecule has 3 aliphatic rings. The first-order valence-corrected chi connectivity index (χ1v) is 9.67. The molecule has 2 heterocycles. The lowest BCUT2D eigenvalue weighted by atomic mass is 9.76. The molecule has 0 radical (unpaired) electrons. The Labute approximate surface area is 145 Å². The maximum Gasteiger partial charge on any atom is 0.226 e. The molecule has 4 rings (SSSR count). The quantitative estimate of drug-likeness (QED) is 0.760. The van der Waals surface area contributed by atoms with Crippen LogP contribution in [0.3, 0.4) is 0 Å². The fourth-order valence-electron chi connectivity index (χ4n) is 5.71. The van der Waals surface area contributed by atoms with Crippen LogP contribution >= 0.6 is 0 Å². The van der Waals surface area contributed by atoms with Gasteiger partial charge in [-0.15, -0.1) is 0 Å². The molecule has 1 aromatic rings. The number of piperidine rings is 1. The van der Waals surface area contributed by atoms with Crippen LogP contribution in [0.2, 0.25) is 0 Å². The van der Waals surface area contributed by atoms with E-state index in [9.17, 15) is 4.79 Å². The standard InChI is InChI=1S/C21H29NO2/c1-16-19-10-6-13-21(19)12-5-9-18(22(21)20(16)23)11-14-24-15-17-7-3-2-4-8-17/h2-4,7-8,16,18-19H,5-6,9-15H2,1H3/t16-,18-,19-,21-/m1/s1. The number of carbonyl (C=O) groups is 1. The van der Waals surface area contributed by atoms with Gasteiger partial charge in [0.25, 0.3) is 0 Å². The van der Waals surface area contributed by atoms with Gasteiger partial charge in [0.05, 0.1) is 6.61 Å². The number of hydrogen-bond acceptors (Lipinski definition) is 2. The lowest BCUT2D eigenvalue weighted by molar-refractivity contribution is -0.139. The first-order chi connectivity index (χ1) is 11.7. The average molecular weight is 327 g/mol. The molecular formula is C21H29NO2. The first-order valence-electron chi connectivity index (χ1n) is 9.67. The maximum absolute atomic E-state index is 12.9. The van der Waals surface area contributed by atoms with Crippen LogP contribution in [0, 0.1) is 11.8 Å². The van der Waals surface area contributed by atoms with Gasteiger partial charge in [-0.1, -0.05) is 43.7 Å². The largest absolute Gasteiger partial charge is 0.377 e. The molecule has 1 aliphatic carbocycles. The minimum absolute atomic E-state index is 0.207. The molecule has 4 atom stereocenters. The maximum atomic E-state index is 12.9. The number of benzene rings is 1. The zero-order valence-corrected chi connectivity index (χ0v) is 14.7. The van der Waals surface area contributed by atoms with Crippen molar-refractivity contribution in [1.29, 1.82) is 0 Å². The summed E-state index contributed by atoms with van der Waals surface area (Å²) in [6, 6.07) is 10.7. The Kier molecular flexibility index (Phi) is 4.38. The summed E-state index contributed by atoms with van der Waals surface area (Å²) in [6.45, 7) is 3.59. The van der Waals surface area contributed by atoms with Crippen molar-refractivity contribution < 1.29 is 9.53 Å². The molecule has 0 aromatic heterocycles. The van der Waals surface area contributed by atoms with Crippen LogP contribution in [0.4, 0.5) is 0 Å². The van der Waals surface area contributed by atoms with Crippen molar-refractivity contribution >= 4 is 5.91 Å². The van der Waals surface area contributed by atoms with Crippen LogP contribution in [-0.4, -0.2) is 29.0 Å². The molecule has 1 amide bonds. The Bertz CT molecular complexity index is 587. The molecule has 3 heteroatoms. The number of amides is 1. The van der Waals surface area contributed by atoms with Gasteiger partial charge >= 0.3 is 0 Å². The second-order valence-corrected chi connectivity index (χ2v) is 7.97. The highest BCUT2D eigenvalue weighted by Gasteiger charge is 2.60. The van der Waals surface area contributed by atoms with Crippen LogP contribution < -0.4 is 0 Å². The van der Waals surface area contributed by atoms with Crippen molar-refractivity contribution in [2.75, 3.05) is 6.61 Å². The molecule has 1 aromatic carbocycles. The van der Waals surface area contributed by atoms with Gasteiger partial charge in [0, 0.05) is 24.1 Å². The number of carbonyl (C=O) groups excluding carboxylic acids is 1. The van der Waals surface area contributed by atoms with Crippen molar-refractivity contribution in [3.63, 3.8) is 0 Å². The van der Waals surface area contributed by atoms with E-state index >= 15 is 0 Å². The lowest BCUT2D eigenvalue weighted by Crippen LogP contribution is -2.55. The molecule has 2 aliphatic heterocycles. The summed E-state index contributed by atoms with van der Waals surface area (Å²) in [5.41, 5.74) is 1.43. The molecule has 0 bridgehead atoms. The van der Waals surface area contributed by atoms with Gasteiger partial charge in [-0.05, 0) is 50.0 Å². The smallest absolute Gasteiger partial charge is 0.226 e. The summed E-state index contributed by atoms with van der Waals surface area (Å²) >= 11 is 0. The third kappa shape index (κ3) is 2.57. The fraction of sp³-hybridized carbons (Fsp3) is 0.667. The Morgan fingerprint density at radius 1 is 1.17 bits per heavy atom. The van der Waals surface area contributed by atoms with Gasteiger partial charge in [0.1, 0.15) is 0 Å². The van der Waals surface area contributed by atoms with Gasteiger partial charge in [0.2, 0.25) is 5.91 Å². The molecule has 2 saturated heterocycles. The normalized spacial score (nSPS) is 35.1. The van der Waals surface area contributed by atoms with Crippen molar-refractivity contribution in [2.24, 2.45) is 11.8 Å². The van der Waals surface area contributed by atoms with E-state index in [1.165, 1.54) is 37.7 Å². The zero-order chi connectivity index (χ0) is 16.6. The molecule has 130 valence electrons. The van der Waals surface area contributed by atoms with E-state index in [0.717, 1.165) is 19.4 Å². The SMILES string of the molecule is C[C@H]1C(=O)N2[C@@H](CCOCc3ccccc3)CCC[C@]23CCC[C@H]13. The Hall–Kier alpha value is -1.35. The Morgan fingerprint density at radius 2 is 1.92 bits per heavy atom. The van der Waals surface area contributed by atoms with Gasteiger partial charge in [-0.3, -0.25) is 4.79 Å². The van der Waals surface area contributed by atoms with E-state index in [4.69, 9.17) is 4.74 Å². The molecule has 3 fully saturated rings. The van der Waals surface area contributed by atoms with Crippen LogP contribution in [0.5, 0.6) is 0 Å². The summed E-state index contributed by atoms with van der Waals surface area (Å²) in [7, 11) is 0. The topological polar surface area (TPSA) is 29.5 Å². The number of hydrogen-bond donors (Lipinski definition) is 0. The van der Waals surface area contributed by atoms with E-state index in [1.54, 1.807) is 0 Å². The fourth-order valence-corrected chi connectivity index (χ4v) is 5.71. The zero-order valence-electron chi connectivity index (χ0n) is 14.7. The van der Waals surface area contributed by atoms with Crippen LogP contribution in [-0.2, 0) is 16.1 Å². The van der Waals surface area contributed by atoms with E-state index in [1.807, 2.05) is 18.2 Å². The summed E-state index contributed by atoms with van der Waals surface area (Å²) < 4.78 is 5.90. The summed E-state index contributed by atoms with van der Waals surface area (Å²) in [5.74, 6) is 1.27. The highest BCUT2D eigenvalue weighted by Crippen LogP contribution is 2.56. The molecule has 1 spiro atoms. The second-order valence-electron chi connectivity index (χ2n) is 7.97. The van der Waals surface area contributed by atoms with Gasteiger partial charge < -0.3 is 9.64 Å². The predicted octanol–water partition coefficient (Wildman–Crippen LogP) is 4.16. The van der Waals surface area contributed by atoms with Gasteiger partial charge in [0.15, 0.2) is 0 Å². The summed E-state index contributed by atoms with van der Waals surface area (Å²) in [4.78, 5) is 15.2. The van der Waals surface area contributed by atoms with Crippen molar-refractivity contribution in [3.8, 4) is 0 Å². The van der Waals surface area contributed by atoms with Crippen LogP contribution in [0.15, 0.2) is 30.3 Å². The second kappa shape index (κ2) is 6.51. The van der Waals surface area contributed by atoms with Crippen LogP contribution in [0.25, 0.3) is 0 Å². The summed E-state index contributed by atoms with van der Waals surface area (Å²) in [5, 5.41) is 0. The average Bonchev–Trinajstić information content (AvgIpc) is 3.10. The van der Waals surface area contributed by atoms with E-state index in [-0.39, 0.29) is 11.5 Å². The van der Waals surface area contributed by atoms with Crippen molar-refractivity contribution in [2.45, 2.75) is 70.1 Å². The number of rotatable bonds is 5. The number of ether oxygens (including phenoxy) is 1. The Balaban J connectivity index is 1.38. The van der Waals surface area contributed by atoms with Crippen LogP contribution in [0.1, 0.15) is 57.4 Å². The van der Waals surface area contributed by atoms with Gasteiger partial charge in [-0.25, -0.2) is 0 Å². The third-order valence-corrected chi connectivity index (χ3v) is 6.74. The van der Waals surface area contributed by atoms with E-state index in [2.05, 4.69) is 24.0 Å². The lowest BCUT2D eigenvalue weighted by Gasteiger charge is -2.47. The van der Waals surface area contributed by atoms with E-state index in [0.29, 0.717) is 24.5 Å². The molecule has 3 nitrogen and oxygen atoms in total. The molecule has 24 heavy (non-hydrogen) atoms. The first kappa shape index (κ1) is 16.1. The third-order valence-electron chi connectivity index (χ3n) is 6.74. The minimum atomic E-state index is 0.207. The summed E-state index contributed by atoms with van der Waals surface area (Å²) in [6.07, 6.45) is 8.43. The van der Waals surface area contributed by atoms with Gasteiger partial charge in [-0.2, -0.15) is 0 Å². The molecule has 0 unspecified atom stereocenters. The highest BCUT2D eigenvalue weighted by molar-refractivity contribution is 5.83. The molecular weight excluding hydrogens is 298 g/mol.